The zero-order valence-electron chi connectivity index (χ0n) is 11.2. The van der Waals surface area contributed by atoms with Crippen LogP contribution in [0.4, 0.5) is 4.39 Å². The lowest BCUT2D eigenvalue weighted by Crippen LogP contribution is -2.23. The van der Waals surface area contributed by atoms with Gasteiger partial charge in [-0.05, 0) is 38.0 Å². The molecule has 110 valence electrons. The number of hydrogen-bond acceptors (Lipinski definition) is 5. The molecule has 1 aromatic heterocycles. The van der Waals surface area contributed by atoms with Gasteiger partial charge in [0.2, 0.25) is 11.7 Å². The molecule has 1 aromatic carbocycles. The van der Waals surface area contributed by atoms with E-state index in [9.17, 15) is 9.18 Å². The number of hydrogen-bond donors (Lipinski definition) is 0. The number of esters is 1. The predicted molar refractivity (Wildman–Crippen MR) is 74.9 cm³/mol. The van der Waals surface area contributed by atoms with Crippen LogP contribution >= 0.6 is 15.9 Å². The minimum Gasteiger partial charge on any atom is -0.465 e. The van der Waals surface area contributed by atoms with E-state index in [1.165, 1.54) is 12.1 Å². The third-order valence-corrected chi connectivity index (χ3v) is 4.11. The van der Waals surface area contributed by atoms with Gasteiger partial charge < -0.3 is 9.26 Å². The SMILES string of the molecule is CCOC(=O)C1(c2nc(-c3cc(F)ccc3Br)no2)CC1. The molecule has 7 heteroatoms. The third kappa shape index (κ3) is 2.46. The molecule has 5 nitrogen and oxygen atoms in total. The van der Waals surface area contributed by atoms with Crippen molar-refractivity contribution in [3.8, 4) is 11.4 Å². The van der Waals surface area contributed by atoms with Crippen molar-refractivity contribution in [1.29, 1.82) is 0 Å². The van der Waals surface area contributed by atoms with E-state index >= 15 is 0 Å². The lowest BCUT2D eigenvalue weighted by Gasteiger charge is -2.08. The lowest BCUT2D eigenvalue weighted by atomic mass is 10.1. The first-order valence-corrected chi connectivity index (χ1v) is 7.33. The molecular weight excluding hydrogens is 343 g/mol. The quantitative estimate of drug-likeness (QED) is 0.788. The monoisotopic (exact) mass is 354 g/mol. The minimum atomic E-state index is -0.818. The Bertz CT molecular complexity index is 697. The summed E-state index contributed by atoms with van der Waals surface area (Å²) in [5.41, 5.74) is -0.342. The summed E-state index contributed by atoms with van der Waals surface area (Å²) in [5, 5.41) is 3.85. The van der Waals surface area contributed by atoms with Crippen LogP contribution in [0.1, 0.15) is 25.7 Å². The number of rotatable bonds is 4. The van der Waals surface area contributed by atoms with Gasteiger partial charge in [-0.25, -0.2) is 4.39 Å². The fourth-order valence-corrected chi connectivity index (χ4v) is 2.52. The zero-order valence-corrected chi connectivity index (χ0v) is 12.8. The van der Waals surface area contributed by atoms with Crippen molar-refractivity contribution in [2.75, 3.05) is 6.61 Å². The Balaban J connectivity index is 1.94. The first kappa shape index (κ1) is 14.2. The third-order valence-electron chi connectivity index (χ3n) is 3.42. The Kier molecular flexibility index (Phi) is 3.52. The molecule has 3 rings (SSSR count). The fraction of sp³-hybridized carbons (Fsp3) is 0.357. The molecule has 1 saturated carbocycles. The van der Waals surface area contributed by atoms with Gasteiger partial charge in [0, 0.05) is 10.0 Å². The van der Waals surface area contributed by atoms with Crippen LogP contribution in [0.3, 0.4) is 0 Å². The Morgan fingerprint density at radius 1 is 1.52 bits per heavy atom. The van der Waals surface area contributed by atoms with Crippen molar-refractivity contribution in [3.63, 3.8) is 0 Å². The van der Waals surface area contributed by atoms with Crippen LogP contribution < -0.4 is 0 Å². The minimum absolute atomic E-state index is 0.229. The molecule has 1 aliphatic carbocycles. The van der Waals surface area contributed by atoms with Gasteiger partial charge in [0.15, 0.2) is 0 Å². The maximum absolute atomic E-state index is 13.3. The maximum atomic E-state index is 13.3. The largest absolute Gasteiger partial charge is 0.465 e. The van der Waals surface area contributed by atoms with Crippen LogP contribution in [0.25, 0.3) is 11.4 Å². The molecule has 1 aliphatic rings. The van der Waals surface area contributed by atoms with Crippen LogP contribution in [-0.2, 0) is 14.9 Å². The summed E-state index contributed by atoms with van der Waals surface area (Å²) in [6, 6.07) is 4.21. The van der Waals surface area contributed by atoms with E-state index in [1.54, 1.807) is 13.0 Å². The number of carbonyl (C=O) groups is 1. The summed E-state index contributed by atoms with van der Waals surface area (Å²) in [7, 11) is 0. The molecule has 0 spiro atoms. The Hall–Kier alpha value is -1.76. The molecule has 1 fully saturated rings. The molecule has 0 unspecified atom stereocenters. The highest BCUT2D eigenvalue weighted by Crippen LogP contribution is 2.49. The van der Waals surface area contributed by atoms with Crippen LogP contribution in [0.2, 0.25) is 0 Å². The van der Waals surface area contributed by atoms with Gasteiger partial charge in [-0.1, -0.05) is 21.1 Å². The second kappa shape index (κ2) is 5.22. The van der Waals surface area contributed by atoms with E-state index in [-0.39, 0.29) is 17.7 Å². The van der Waals surface area contributed by atoms with Gasteiger partial charge in [-0.2, -0.15) is 4.98 Å². The van der Waals surface area contributed by atoms with E-state index in [0.717, 1.165) is 0 Å². The van der Waals surface area contributed by atoms with Gasteiger partial charge in [0.1, 0.15) is 11.2 Å². The van der Waals surface area contributed by atoms with Gasteiger partial charge in [0.25, 0.3) is 0 Å². The van der Waals surface area contributed by atoms with E-state index in [1.807, 2.05) is 0 Å². The number of carbonyl (C=O) groups excluding carboxylic acids is 1. The molecule has 0 radical (unpaired) electrons. The first-order valence-electron chi connectivity index (χ1n) is 6.53. The van der Waals surface area contributed by atoms with E-state index in [2.05, 4.69) is 26.1 Å². The standard InChI is InChI=1S/C14H12BrFN2O3/c1-2-20-13(19)14(5-6-14)12-17-11(18-21-12)9-7-8(16)3-4-10(9)15/h3-4,7H,2,5-6H2,1H3. The van der Waals surface area contributed by atoms with Crippen molar-refractivity contribution >= 4 is 21.9 Å². The number of benzene rings is 1. The summed E-state index contributed by atoms with van der Waals surface area (Å²) in [4.78, 5) is 16.2. The highest BCUT2D eigenvalue weighted by atomic mass is 79.9. The highest BCUT2D eigenvalue weighted by Gasteiger charge is 2.57. The summed E-state index contributed by atoms with van der Waals surface area (Å²) in [6.07, 6.45) is 1.25. The second-order valence-corrected chi connectivity index (χ2v) is 5.70. The summed E-state index contributed by atoms with van der Waals surface area (Å²) >= 11 is 3.32. The Labute approximate surface area is 128 Å². The van der Waals surface area contributed by atoms with Crippen molar-refractivity contribution in [1.82, 2.24) is 10.1 Å². The van der Waals surface area contributed by atoms with Crippen molar-refractivity contribution in [2.24, 2.45) is 0 Å². The molecule has 0 atom stereocenters. The van der Waals surface area contributed by atoms with Gasteiger partial charge in [0.05, 0.1) is 6.61 Å². The molecule has 0 aliphatic heterocycles. The van der Waals surface area contributed by atoms with Gasteiger partial charge in [-0.3, -0.25) is 4.79 Å². The molecule has 21 heavy (non-hydrogen) atoms. The first-order chi connectivity index (χ1) is 10.1. The molecule has 1 heterocycles. The van der Waals surface area contributed by atoms with Crippen molar-refractivity contribution in [3.05, 3.63) is 34.4 Å². The normalized spacial score (nSPS) is 15.8. The van der Waals surface area contributed by atoms with E-state index in [4.69, 9.17) is 9.26 Å². The van der Waals surface area contributed by atoms with Crippen LogP contribution in [0.15, 0.2) is 27.2 Å². The molecule has 2 aromatic rings. The van der Waals surface area contributed by atoms with Crippen LogP contribution in [-0.4, -0.2) is 22.7 Å². The smallest absolute Gasteiger partial charge is 0.321 e. The molecule has 0 amide bonds. The van der Waals surface area contributed by atoms with Crippen molar-refractivity contribution in [2.45, 2.75) is 25.2 Å². The maximum Gasteiger partial charge on any atom is 0.321 e. The fourth-order valence-electron chi connectivity index (χ4n) is 2.10. The summed E-state index contributed by atoms with van der Waals surface area (Å²) in [5.74, 6) is -0.274. The molecule has 0 N–H and O–H groups in total. The lowest BCUT2D eigenvalue weighted by molar-refractivity contribution is -0.146. The zero-order chi connectivity index (χ0) is 15.0. The van der Waals surface area contributed by atoms with Crippen LogP contribution in [0, 0.1) is 5.82 Å². The molecular formula is C14H12BrFN2O3. The number of nitrogens with zero attached hydrogens (tertiary/aromatic N) is 2. The molecule has 0 saturated heterocycles. The Morgan fingerprint density at radius 3 is 2.95 bits per heavy atom. The van der Waals surface area contributed by atoms with Crippen LogP contribution in [0.5, 0.6) is 0 Å². The Morgan fingerprint density at radius 2 is 2.29 bits per heavy atom. The van der Waals surface area contributed by atoms with Crippen molar-refractivity contribution < 1.29 is 18.4 Å². The van der Waals surface area contributed by atoms with Gasteiger partial charge >= 0.3 is 5.97 Å². The average molecular weight is 355 g/mol. The number of halogens is 2. The second-order valence-electron chi connectivity index (χ2n) is 4.85. The number of ether oxygens (including phenoxy) is 1. The predicted octanol–water partition coefficient (Wildman–Crippen LogP) is 3.23. The molecule has 0 bridgehead atoms. The summed E-state index contributed by atoms with van der Waals surface area (Å²) < 4.78 is 24.2. The number of aromatic nitrogens is 2. The van der Waals surface area contributed by atoms with E-state index < -0.39 is 11.2 Å². The topological polar surface area (TPSA) is 65.2 Å². The van der Waals surface area contributed by atoms with E-state index in [0.29, 0.717) is 29.5 Å². The van der Waals surface area contributed by atoms with Gasteiger partial charge in [-0.15, -0.1) is 0 Å². The average Bonchev–Trinajstić information content (AvgIpc) is 3.13. The summed E-state index contributed by atoms with van der Waals surface area (Å²) in [6.45, 7) is 2.05. The highest BCUT2D eigenvalue weighted by molar-refractivity contribution is 9.10.